The molecule has 26 heavy (non-hydrogen) atoms. The molecule has 2 aromatic carbocycles. The first-order valence-electron chi connectivity index (χ1n) is 7.98. The van der Waals surface area contributed by atoms with Crippen molar-refractivity contribution in [2.24, 2.45) is 5.10 Å². The van der Waals surface area contributed by atoms with Gasteiger partial charge in [0.25, 0.3) is 5.91 Å². The molecule has 1 N–H and O–H groups in total. The van der Waals surface area contributed by atoms with E-state index < -0.39 is 0 Å². The topological polar surface area (TPSA) is 50.7 Å². The number of hydrogen-bond donors (Lipinski definition) is 1. The molecule has 1 amide bonds. The lowest BCUT2D eigenvalue weighted by atomic mass is 10.0. The number of halogens is 3. The Morgan fingerprint density at radius 2 is 1.96 bits per heavy atom. The van der Waals surface area contributed by atoms with Crippen LogP contribution in [0.3, 0.4) is 0 Å². The van der Waals surface area contributed by atoms with Gasteiger partial charge in [0.1, 0.15) is 5.75 Å². The fourth-order valence-corrected chi connectivity index (χ4v) is 3.08. The third kappa shape index (κ3) is 5.47. The SMILES string of the molecule is Cc1cc(OCC(=O)NN=Cc2c(Cl)cccc2Cl)c(C(C)C)cc1Br. The number of nitrogens with zero attached hydrogens (tertiary/aromatic N) is 1. The van der Waals surface area contributed by atoms with Crippen molar-refractivity contribution >= 4 is 51.3 Å². The first-order chi connectivity index (χ1) is 12.3. The molecule has 0 aliphatic rings. The maximum atomic E-state index is 12.0. The van der Waals surface area contributed by atoms with Gasteiger partial charge in [0.05, 0.1) is 16.3 Å². The van der Waals surface area contributed by atoms with Gasteiger partial charge in [-0.25, -0.2) is 5.43 Å². The van der Waals surface area contributed by atoms with Crippen molar-refractivity contribution in [3.8, 4) is 5.75 Å². The van der Waals surface area contributed by atoms with Crippen molar-refractivity contribution in [1.82, 2.24) is 5.43 Å². The number of aryl methyl sites for hydroxylation is 1. The number of benzene rings is 2. The van der Waals surface area contributed by atoms with Gasteiger partial charge in [-0.05, 0) is 48.2 Å². The summed E-state index contributed by atoms with van der Waals surface area (Å²) in [6.45, 7) is 5.97. The fraction of sp³-hybridized carbons (Fsp3) is 0.263. The summed E-state index contributed by atoms with van der Waals surface area (Å²) in [6, 6.07) is 9.07. The molecule has 4 nitrogen and oxygen atoms in total. The van der Waals surface area contributed by atoms with Crippen LogP contribution in [0.25, 0.3) is 0 Å². The first-order valence-corrected chi connectivity index (χ1v) is 9.53. The number of rotatable bonds is 6. The van der Waals surface area contributed by atoms with Gasteiger partial charge in [-0.1, -0.05) is 59.0 Å². The Bertz CT molecular complexity index is 818. The molecule has 0 spiro atoms. The molecule has 2 rings (SSSR count). The van der Waals surface area contributed by atoms with E-state index in [0.29, 0.717) is 21.4 Å². The van der Waals surface area contributed by atoms with Gasteiger partial charge in [0.15, 0.2) is 6.61 Å². The van der Waals surface area contributed by atoms with Crippen LogP contribution >= 0.6 is 39.1 Å². The van der Waals surface area contributed by atoms with Crippen LogP contribution in [0.1, 0.15) is 36.5 Å². The summed E-state index contributed by atoms with van der Waals surface area (Å²) in [7, 11) is 0. The molecule has 0 aromatic heterocycles. The number of ether oxygens (including phenoxy) is 1. The minimum Gasteiger partial charge on any atom is -0.483 e. The van der Waals surface area contributed by atoms with E-state index in [1.165, 1.54) is 6.21 Å². The highest BCUT2D eigenvalue weighted by molar-refractivity contribution is 9.10. The van der Waals surface area contributed by atoms with Gasteiger partial charge < -0.3 is 4.74 Å². The van der Waals surface area contributed by atoms with E-state index in [2.05, 4.69) is 40.3 Å². The Balaban J connectivity index is 1.99. The van der Waals surface area contributed by atoms with Crippen molar-refractivity contribution in [3.05, 3.63) is 61.5 Å². The Hall–Kier alpha value is -1.56. The van der Waals surface area contributed by atoms with E-state index in [0.717, 1.165) is 15.6 Å². The van der Waals surface area contributed by atoms with Crippen LogP contribution in [-0.4, -0.2) is 18.7 Å². The second kappa shape index (κ2) is 9.40. The third-order valence-corrected chi connectivity index (χ3v) is 5.17. The standard InChI is InChI=1S/C19H19BrCl2N2O2/c1-11(2)13-8-15(20)12(3)7-18(13)26-10-19(25)24-23-9-14-16(21)5-4-6-17(14)22/h4-9,11H,10H2,1-3H3,(H,24,25). The zero-order chi connectivity index (χ0) is 19.3. The van der Waals surface area contributed by atoms with E-state index in [1.54, 1.807) is 18.2 Å². The zero-order valence-electron chi connectivity index (χ0n) is 14.6. The number of carbonyl (C=O) groups excluding carboxylic acids is 1. The molecular formula is C19H19BrCl2N2O2. The number of amides is 1. The quantitative estimate of drug-likeness (QED) is 0.445. The molecule has 7 heteroatoms. The van der Waals surface area contributed by atoms with Crippen molar-refractivity contribution in [2.45, 2.75) is 26.7 Å². The van der Waals surface area contributed by atoms with E-state index in [-0.39, 0.29) is 18.4 Å². The number of nitrogens with one attached hydrogen (secondary N) is 1. The number of carbonyl (C=O) groups is 1. The van der Waals surface area contributed by atoms with E-state index in [9.17, 15) is 4.79 Å². The van der Waals surface area contributed by atoms with E-state index >= 15 is 0 Å². The van der Waals surface area contributed by atoms with Crippen molar-refractivity contribution in [1.29, 1.82) is 0 Å². The summed E-state index contributed by atoms with van der Waals surface area (Å²) < 4.78 is 6.70. The van der Waals surface area contributed by atoms with Crippen molar-refractivity contribution < 1.29 is 9.53 Å². The van der Waals surface area contributed by atoms with E-state index in [1.807, 2.05) is 19.1 Å². The summed E-state index contributed by atoms with van der Waals surface area (Å²) in [4.78, 5) is 12.0. The molecule has 0 heterocycles. The third-order valence-electron chi connectivity index (χ3n) is 3.65. The molecule has 0 radical (unpaired) electrons. The lowest BCUT2D eigenvalue weighted by Gasteiger charge is -2.15. The average molecular weight is 458 g/mol. The summed E-state index contributed by atoms with van der Waals surface area (Å²) in [5.41, 5.74) is 5.02. The molecular weight excluding hydrogens is 439 g/mol. The smallest absolute Gasteiger partial charge is 0.277 e. The van der Waals surface area contributed by atoms with Gasteiger partial charge in [-0.2, -0.15) is 5.10 Å². The van der Waals surface area contributed by atoms with Gasteiger partial charge >= 0.3 is 0 Å². The van der Waals surface area contributed by atoms with Crippen LogP contribution < -0.4 is 10.2 Å². The Kier molecular flexibility index (Phi) is 7.50. The maximum absolute atomic E-state index is 12.0. The zero-order valence-corrected chi connectivity index (χ0v) is 17.7. The van der Waals surface area contributed by atoms with E-state index in [4.69, 9.17) is 27.9 Å². The van der Waals surface area contributed by atoms with Gasteiger partial charge in [0.2, 0.25) is 0 Å². The van der Waals surface area contributed by atoms with Crippen LogP contribution in [0.5, 0.6) is 5.75 Å². The Morgan fingerprint density at radius 3 is 2.58 bits per heavy atom. The molecule has 138 valence electrons. The maximum Gasteiger partial charge on any atom is 0.277 e. The summed E-state index contributed by atoms with van der Waals surface area (Å²) >= 11 is 15.6. The van der Waals surface area contributed by atoms with Crippen LogP contribution in [0.2, 0.25) is 10.0 Å². The normalized spacial score (nSPS) is 11.2. The van der Waals surface area contributed by atoms with Crippen molar-refractivity contribution in [2.75, 3.05) is 6.61 Å². The van der Waals surface area contributed by atoms with Gasteiger partial charge in [-0.15, -0.1) is 0 Å². The largest absolute Gasteiger partial charge is 0.483 e. The average Bonchev–Trinajstić information content (AvgIpc) is 2.58. The minimum atomic E-state index is -0.375. The second-order valence-electron chi connectivity index (χ2n) is 6.01. The molecule has 0 atom stereocenters. The molecule has 0 aliphatic carbocycles. The van der Waals surface area contributed by atoms with Gasteiger partial charge in [0, 0.05) is 10.0 Å². The molecule has 0 saturated carbocycles. The van der Waals surface area contributed by atoms with Crippen LogP contribution in [0.4, 0.5) is 0 Å². The van der Waals surface area contributed by atoms with Crippen LogP contribution in [0.15, 0.2) is 39.9 Å². The van der Waals surface area contributed by atoms with Crippen molar-refractivity contribution in [3.63, 3.8) is 0 Å². The highest BCUT2D eigenvalue weighted by Crippen LogP contribution is 2.32. The predicted octanol–water partition coefficient (Wildman–Crippen LogP) is 5.72. The fourth-order valence-electron chi connectivity index (χ4n) is 2.23. The highest BCUT2D eigenvalue weighted by Gasteiger charge is 2.12. The van der Waals surface area contributed by atoms with Crippen LogP contribution in [0, 0.1) is 6.92 Å². The monoisotopic (exact) mass is 456 g/mol. The molecule has 2 aromatic rings. The number of hydrogen-bond acceptors (Lipinski definition) is 3. The summed E-state index contributed by atoms with van der Waals surface area (Å²) in [6.07, 6.45) is 1.41. The molecule has 0 bridgehead atoms. The van der Waals surface area contributed by atoms with Crippen LogP contribution in [-0.2, 0) is 4.79 Å². The summed E-state index contributed by atoms with van der Waals surface area (Å²) in [5, 5.41) is 4.80. The Morgan fingerprint density at radius 1 is 1.31 bits per heavy atom. The van der Waals surface area contributed by atoms with Gasteiger partial charge in [-0.3, -0.25) is 4.79 Å². The molecule has 0 saturated heterocycles. The lowest BCUT2D eigenvalue weighted by Crippen LogP contribution is -2.25. The minimum absolute atomic E-state index is 0.144. The molecule has 0 aliphatic heterocycles. The number of hydrazone groups is 1. The highest BCUT2D eigenvalue weighted by atomic mass is 79.9. The lowest BCUT2D eigenvalue weighted by molar-refractivity contribution is -0.123. The second-order valence-corrected chi connectivity index (χ2v) is 7.68. The molecule has 0 unspecified atom stereocenters. The predicted molar refractivity (Wildman–Crippen MR) is 111 cm³/mol. The molecule has 0 fully saturated rings. The Labute approximate surface area is 171 Å². The summed E-state index contributed by atoms with van der Waals surface area (Å²) in [5.74, 6) is 0.582. The first kappa shape index (κ1) is 20.7.